The van der Waals surface area contributed by atoms with Gasteiger partial charge in [-0.1, -0.05) is 48.3 Å². The van der Waals surface area contributed by atoms with Crippen molar-refractivity contribution >= 4 is 15.9 Å². The molecule has 2 unspecified atom stereocenters. The standard InChI is InChI=1S/C14H21BrO/c1-4-5-14(15)11(2)10-12-6-8-13(16-3)9-7-12/h6-9,11,14H,4-5,10H2,1-3H3. The predicted molar refractivity (Wildman–Crippen MR) is 73.5 cm³/mol. The summed E-state index contributed by atoms with van der Waals surface area (Å²) in [6.45, 7) is 4.54. The molecule has 0 fully saturated rings. The highest BCUT2D eigenvalue weighted by molar-refractivity contribution is 9.09. The van der Waals surface area contributed by atoms with Crippen LogP contribution in [0.1, 0.15) is 32.3 Å². The fraction of sp³-hybridized carbons (Fsp3) is 0.571. The van der Waals surface area contributed by atoms with Crippen molar-refractivity contribution in [3.05, 3.63) is 29.8 Å². The molecule has 16 heavy (non-hydrogen) atoms. The van der Waals surface area contributed by atoms with Crippen LogP contribution in [0.15, 0.2) is 24.3 Å². The van der Waals surface area contributed by atoms with E-state index in [4.69, 9.17) is 4.74 Å². The van der Waals surface area contributed by atoms with Crippen molar-refractivity contribution in [3.8, 4) is 5.75 Å². The number of ether oxygens (including phenoxy) is 1. The molecular formula is C14H21BrO. The summed E-state index contributed by atoms with van der Waals surface area (Å²) in [4.78, 5) is 0.625. The van der Waals surface area contributed by atoms with Crippen LogP contribution in [0, 0.1) is 5.92 Å². The van der Waals surface area contributed by atoms with Crippen LogP contribution in [0.25, 0.3) is 0 Å². The Hall–Kier alpha value is -0.500. The molecule has 0 saturated heterocycles. The highest BCUT2D eigenvalue weighted by Gasteiger charge is 2.13. The van der Waals surface area contributed by atoms with E-state index in [1.165, 1.54) is 18.4 Å². The molecule has 90 valence electrons. The first-order valence-electron chi connectivity index (χ1n) is 5.94. The van der Waals surface area contributed by atoms with Gasteiger partial charge in [0.05, 0.1) is 7.11 Å². The molecule has 0 heterocycles. The van der Waals surface area contributed by atoms with Crippen molar-refractivity contribution in [1.29, 1.82) is 0 Å². The molecule has 1 aromatic carbocycles. The maximum Gasteiger partial charge on any atom is 0.118 e. The average molecular weight is 285 g/mol. The van der Waals surface area contributed by atoms with Crippen LogP contribution in [0.3, 0.4) is 0 Å². The molecule has 0 aliphatic carbocycles. The second-order valence-corrected chi connectivity index (χ2v) is 5.51. The van der Waals surface area contributed by atoms with Crippen LogP contribution in [-0.4, -0.2) is 11.9 Å². The number of rotatable bonds is 6. The Kier molecular flexibility index (Phi) is 5.89. The third-order valence-corrected chi connectivity index (χ3v) is 4.26. The number of hydrogen-bond acceptors (Lipinski definition) is 1. The third-order valence-electron chi connectivity index (χ3n) is 2.90. The lowest BCUT2D eigenvalue weighted by atomic mass is 9.96. The summed E-state index contributed by atoms with van der Waals surface area (Å²) in [6, 6.07) is 8.37. The lowest BCUT2D eigenvalue weighted by Crippen LogP contribution is -2.13. The maximum absolute atomic E-state index is 5.15. The fourth-order valence-corrected chi connectivity index (χ4v) is 2.47. The Bertz CT molecular complexity index is 294. The van der Waals surface area contributed by atoms with Crippen molar-refractivity contribution in [3.63, 3.8) is 0 Å². The molecule has 0 saturated carbocycles. The van der Waals surface area contributed by atoms with Crippen molar-refractivity contribution in [2.45, 2.75) is 37.9 Å². The molecule has 1 rings (SSSR count). The quantitative estimate of drug-likeness (QED) is 0.702. The summed E-state index contributed by atoms with van der Waals surface area (Å²) < 4.78 is 5.15. The molecule has 0 aliphatic heterocycles. The van der Waals surface area contributed by atoms with Gasteiger partial charge in [0, 0.05) is 4.83 Å². The van der Waals surface area contributed by atoms with E-state index in [9.17, 15) is 0 Å². The van der Waals surface area contributed by atoms with Gasteiger partial charge >= 0.3 is 0 Å². The summed E-state index contributed by atoms with van der Waals surface area (Å²) in [6.07, 6.45) is 3.61. The zero-order valence-corrected chi connectivity index (χ0v) is 12.0. The van der Waals surface area contributed by atoms with Gasteiger partial charge in [0.15, 0.2) is 0 Å². The zero-order valence-electron chi connectivity index (χ0n) is 10.4. The summed E-state index contributed by atoms with van der Waals surface area (Å²) in [5, 5.41) is 0. The van der Waals surface area contributed by atoms with Crippen LogP contribution < -0.4 is 4.74 Å². The van der Waals surface area contributed by atoms with Gasteiger partial charge in [-0.3, -0.25) is 0 Å². The third kappa shape index (κ3) is 4.17. The fourth-order valence-electron chi connectivity index (χ4n) is 1.82. The number of methoxy groups -OCH3 is 1. The minimum Gasteiger partial charge on any atom is -0.497 e. The number of benzene rings is 1. The van der Waals surface area contributed by atoms with Crippen molar-refractivity contribution in [2.24, 2.45) is 5.92 Å². The Morgan fingerprint density at radius 1 is 1.25 bits per heavy atom. The van der Waals surface area contributed by atoms with Crippen molar-refractivity contribution in [2.75, 3.05) is 7.11 Å². The SMILES string of the molecule is CCCC(Br)C(C)Cc1ccc(OC)cc1. The molecule has 0 bridgehead atoms. The Labute approximate surface area is 107 Å². The average Bonchev–Trinajstić information content (AvgIpc) is 2.30. The second kappa shape index (κ2) is 6.95. The van der Waals surface area contributed by atoms with Gasteiger partial charge in [-0.2, -0.15) is 0 Å². The van der Waals surface area contributed by atoms with E-state index in [2.05, 4.69) is 41.9 Å². The Balaban J connectivity index is 2.52. The van der Waals surface area contributed by atoms with E-state index >= 15 is 0 Å². The van der Waals surface area contributed by atoms with Crippen molar-refractivity contribution < 1.29 is 4.74 Å². The van der Waals surface area contributed by atoms with Crippen LogP contribution in [0.4, 0.5) is 0 Å². The molecular weight excluding hydrogens is 264 g/mol. The lowest BCUT2D eigenvalue weighted by molar-refractivity contribution is 0.414. The minimum atomic E-state index is 0.625. The van der Waals surface area contributed by atoms with E-state index in [0.717, 1.165) is 12.2 Å². The second-order valence-electron chi connectivity index (χ2n) is 4.33. The first kappa shape index (κ1) is 13.6. The smallest absolute Gasteiger partial charge is 0.118 e. The van der Waals surface area contributed by atoms with E-state index < -0.39 is 0 Å². The van der Waals surface area contributed by atoms with Crippen molar-refractivity contribution in [1.82, 2.24) is 0 Å². The van der Waals surface area contributed by atoms with Gasteiger partial charge in [-0.05, 0) is 36.5 Å². The molecule has 0 aliphatic rings. The largest absolute Gasteiger partial charge is 0.497 e. The van der Waals surface area contributed by atoms with Gasteiger partial charge in [0.25, 0.3) is 0 Å². The van der Waals surface area contributed by atoms with E-state index in [0.29, 0.717) is 10.7 Å². The lowest BCUT2D eigenvalue weighted by Gasteiger charge is -2.17. The molecule has 2 heteroatoms. The van der Waals surface area contributed by atoms with Gasteiger partial charge in [0.1, 0.15) is 5.75 Å². The number of alkyl halides is 1. The number of halogens is 1. The van der Waals surface area contributed by atoms with E-state index in [1.807, 2.05) is 12.1 Å². The summed E-state index contributed by atoms with van der Waals surface area (Å²) in [5.74, 6) is 1.61. The van der Waals surface area contributed by atoms with E-state index in [1.54, 1.807) is 7.11 Å². The van der Waals surface area contributed by atoms with Crippen LogP contribution in [0.5, 0.6) is 5.75 Å². The summed E-state index contributed by atoms with van der Waals surface area (Å²) in [5.41, 5.74) is 1.38. The molecule has 0 radical (unpaired) electrons. The van der Waals surface area contributed by atoms with E-state index in [-0.39, 0.29) is 0 Å². The topological polar surface area (TPSA) is 9.23 Å². The predicted octanol–water partition coefficient (Wildman–Crippen LogP) is 4.44. The Morgan fingerprint density at radius 2 is 1.88 bits per heavy atom. The highest BCUT2D eigenvalue weighted by Crippen LogP contribution is 2.23. The minimum absolute atomic E-state index is 0.625. The normalized spacial score (nSPS) is 14.5. The molecule has 2 atom stereocenters. The first-order valence-corrected chi connectivity index (χ1v) is 6.86. The van der Waals surface area contributed by atoms with Crippen LogP contribution in [-0.2, 0) is 6.42 Å². The molecule has 0 N–H and O–H groups in total. The van der Waals surface area contributed by atoms with Crippen LogP contribution >= 0.6 is 15.9 Å². The van der Waals surface area contributed by atoms with Gasteiger partial charge in [0.2, 0.25) is 0 Å². The molecule has 1 aromatic rings. The zero-order chi connectivity index (χ0) is 12.0. The molecule has 0 amide bonds. The highest BCUT2D eigenvalue weighted by atomic mass is 79.9. The molecule has 0 aromatic heterocycles. The van der Waals surface area contributed by atoms with Gasteiger partial charge < -0.3 is 4.74 Å². The number of hydrogen-bond donors (Lipinski definition) is 0. The first-order chi connectivity index (χ1) is 7.67. The van der Waals surface area contributed by atoms with Gasteiger partial charge in [-0.25, -0.2) is 0 Å². The Morgan fingerprint density at radius 3 is 2.38 bits per heavy atom. The monoisotopic (exact) mass is 284 g/mol. The maximum atomic E-state index is 5.15. The van der Waals surface area contributed by atoms with Gasteiger partial charge in [-0.15, -0.1) is 0 Å². The summed E-state index contributed by atoms with van der Waals surface area (Å²) in [7, 11) is 1.70. The summed E-state index contributed by atoms with van der Waals surface area (Å²) >= 11 is 3.76. The van der Waals surface area contributed by atoms with Crippen LogP contribution in [0.2, 0.25) is 0 Å². The molecule has 0 spiro atoms. The molecule has 1 nitrogen and oxygen atoms in total.